The summed E-state index contributed by atoms with van der Waals surface area (Å²) in [5.74, 6) is -0.0422. The van der Waals surface area contributed by atoms with Gasteiger partial charge in [-0.1, -0.05) is 17.7 Å². The average Bonchev–Trinajstić information content (AvgIpc) is 3.11. The number of carbonyl (C=O) groups is 1. The van der Waals surface area contributed by atoms with Crippen molar-refractivity contribution >= 4 is 28.1 Å². The van der Waals surface area contributed by atoms with Crippen LogP contribution in [0.2, 0.25) is 0 Å². The fraction of sp³-hybridized carbons (Fsp3) is 0.444. The van der Waals surface area contributed by atoms with Gasteiger partial charge in [0.15, 0.2) is 5.13 Å². The minimum Gasteiger partial charge on any atom is -0.392 e. The molecule has 1 aromatic heterocycles. The molecule has 2 heterocycles. The van der Waals surface area contributed by atoms with Gasteiger partial charge >= 0.3 is 0 Å². The van der Waals surface area contributed by atoms with Crippen molar-refractivity contribution in [2.24, 2.45) is 0 Å². The minimum atomic E-state index is -0.230. The Morgan fingerprint density at radius 3 is 2.88 bits per heavy atom. The Kier molecular flexibility index (Phi) is 4.99. The average molecular weight is 345 g/mol. The predicted octanol–water partition coefficient (Wildman–Crippen LogP) is 3.01. The van der Waals surface area contributed by atoms with E-state index in [1.807, 2.05) is 31.4 Å². The molecule has 0 bridgehead atoms. The molecule has 1 amide bonds. The Balaban J connectivity index is 1.83. The van der Waals surface area contributed by atoms with E-state index in [9.17, 15) is 9.90 Å². The molecular weight excluding hydrogens is 322 g/mol. The largest absolute Gasteiger partial charge is 0.392 e. The second-order valence-corrected chi connectivity index (χ2v) is 7.28. The number of thiazole rings is 1. The summed E-state index contributed by atoms with van der Waals surface area (Å²) in [5.41, 5.74) is 4.06. The topological polar surface area (TPSA) is 56.7 Å². The minimum absolute atomic E-state index is 0.0422. The van der Waals surface area contributed by atoms with Crippen molar-refractivity contribution in [3.63, 3.8) is 0 Å². The summed E-state index contributed by atoms with van der Waals surface area (Å²) < 4.78 is 0. The first-order valence-corrected chi connectivity index (χ1v) is 9.05. The van der Waals surface area contributed by atoms with Gasteiger partial charge in [-0.05, 0) is 31.9 Å². The van der Waals surface area contributed by atoms with Crippen LogP contribution in [0.3, 0.4) is 0 Å². The number of aryl methyl sites for hydroxylation is 2. The lowest BCUT2D eigenvalue weighted by molar-refractivity contribution is -0.115. The summed E-state index contributed by atoms with van der Waals surface area (Å²) in [5, 5.41) is 12.3. The zero-order chi connectivity index (χ0) is 17.3. The van der Waals surface area contributed by atoms with Gasteiger partial charge in [0, 0.05) is 31.9 Å². The number of hydrogen-bond donors (Lipinski definition) is 1. The van der Waals surface area contributed by atoms with E-state index in [2.05, 4.69) is 16.0 Å². The maximum absolute atomic E-state index is 12.2. The first-order valence-electron chi connectivity index (χ1n) is 8.17. The monoisotopic (exact) mass is 345 g/mol. The third-order valence-corrected chi connectivity index (χ3v) is 5.15. The van der Waals surface area contributed by atoms with E-state index < -0.39 is 0 Å². The van der Waals surface area contributed by atoms with E-state index in [1.54, 1.807) is 11.8 Å². The third-order valence-electron chi connectivity index (χ3n) is 4.27. The molecule has 1 unspecified atom stereocenters. The number of carbonyl (C=O) groups excluding carboxylic acids is 1. The summed E-state index contributed by atoms with van der Waals surface area (Å²) >= 11 is 1.48. The van der Waals surface area contributed by atoms with Gasteiger partial charge in [0.25, 0.3) is 0 Å². The normalized spacial score (nSPS) is 18.1. The molecule has 6 heteroatoms. The second kappa shape index (κ2) is 7.01. The zero-order valence-corrected chi connectivity index (χ0v) is 15.1. The highest BCUT2D eigenvalue weighted by atomic mass is 32.1. The van der Waals surface area contributed by atoms with Crippen molar-refractivity contribution in [2.45, 2.75) is 39.8 Å². The first-order chi connectivity index (χ1) is 11.4. The zero-order valence-electron chi connectivity index (χ0n) is 14.3. The molecule has 1 N–H and O–H groups in total. The van der Waals surface area contributed by atoms with Crippen molar-refractivity contribution in [2.75, 3.05) is 18.0 Å². The van der Waals surface area contributed by atoms with Gasteiger partial charge < -0.3 is 5.11 Å². The molecule has 1 aromatic carbocycles. The number of benzene rings is 1. The van der Waals surface area contributed by atoms with Gasteiger partial charge in [0.05, 0.1) is 17.5 Å². The molecule has 1 atom stereocenters. The lowest BCUT2D eigenvalue weighted by atomic mass is 10.1. The van der Waals surface area contributed by atoms with E-state index in [-0.39, 0.29) is 12.0 Å². The van der Waals surface area contributed by atoms with Crippen LogP contribution in [-0.2, 0) is 11.3 Å². The van der Waals surface area contributed by atoms with Crippen LogP contribution >= 0.6 is 11.3 Å². The third kappa shape index (κ3) is 3.66. The van der Waals surface area contributed by atoms with E-state index in [0.29, 0.717) is 18.2 Å². The molecule has 24 heavy (non-hydrogen) atoms. The molecule has 2 aromatic rings. The Bertz CT molecular complexity index is 744. The van der Waals surface area contributed by atoms with Crippen LogP contribution in [0.25, 0.3) is 0 Å². The van der Waals surface area contributed by atoms with Crippen molar-refractivity contribution < 1.29 is 9.90 Å². The van der Waals surface area contributed by atoms with Crippen LogP contribution in [0, 0.1) is 13.8 Å². The van der Waals surface area contributed by atoms with Gasteiger partial charge in [-0.3, -0.25) is 14.6 Å². The molecule has 0 radical (unpaired) electrons. The van der Waals surface area contributed by atoms with Crippen molar-refractivity contribution in [1.29, 1.82) is 0 Å². The quantitative estimate of drug-likeness (QED) is 0.925. The van der Waals surface area contributed by atoms with Crippen LogP contribution < -0.4 is 4.90 Å². The van der Waals surface area contributed by atoms with E-state index in [4.69, 9.17) is 0 Å². The van der Waals surface area contributed by atoms with Crippen LogP contribution in [0.4, 0.5) is 10.8 Å². The predicted molar refractivity (Wildman–Crippen MR) is 96.8 cm³/mol. The van der Waals surface area contributed by atoms with Gasteiger partial charge in [-0.15, -0.1) is 11.3 Å². The molecule has 0 spiro atoms. The number of rotatable bonds is 4. The second-order valence-electron chi connectivity index (χ2n) is 6.44. The van der Waals surface area contributed by atoms with Gasteiger partial charge in [0.2, 0.25) is 5.91 Å². The SMILES string of the molecule is CC(=O)N(c1nc(CN2CCC(O)C2)cs1)c1ccc(C)cc1C. The Labute approximate surface area is 146 Å². The number of nitrogens with zero attached hydrogens (tertiary/aromatic N) is 3. The molecule has 128 valence electrons. The summed E-state index contributed by atoms with van der Waals surface area (Å²) in [6.07, 6.45) is 0.589. The van der Waals surface area contributed by atoms with Gasteiger partial charge in [0.1, 0.15) is 0 Å². The molecule has 1 aliphatic heterocycles. The molecule has 1 saturated heterocycles. The van der Waals surface area contributed by atoms with Crippen molar-refractivity contribution in [1.82, 2.24) is 9.88 Å². The van der Waals surface area contributed by atoms with Crippen LogP contribution in [-0.4, -0.2) is 40.1 Å². The van der Waals surface area contributed by atoms with Crippen LogP contribution in [0.5, 0.6) is 0 Å². The van der Waals surface area contributed by atoms with Crippen LogP contribution in [0.15, 0.2) is 23.6 Å². The highest BCUT2D eigenvalue weighted by Gasteiger charge is 2.23. The maximum Gasteiger partial charge on any atom is 0.230 e. The number of hydrogen-bond acceptors (Lipinski definition) is 5. The fourth-order valence-corrected chi connectivity index (χ4v) is 3.99. The van der Waals surface area contributed by atoms with Crippen LogP contribution in [0.1, 0.15) is 30.2 Å². The number of aliphatic hydroxyl groups excluding tert-OH is 1. The number of aromatic nitrogens is 1. The Morgan fingerprint density at radius 1 is 1.46 bits per heavy atom. The number of anilines is 2. The molecule has 1 fully saturated rings. The molecule has 3 rings (SSSR count). The molecule has 5 nitrogen and oxygen atoms in total. The number of likely N-dealkylation sites (tertiary alicyclic amines) is 1. The standard InChI is InChI=1S/C18H23N3O2S/c1-12-4-5-17(13(2)8-12)21(14(3)22)18-19-15(11-24-18)9-20-7-6-16(23)10-20/h4-5,8,11,16,23H,6-7,9-10H2,1-3H3. The number of aliphatic hydroxyl groups is 1. The first kappa shape index (κ1) is 17.1. The molecule has 1 aliphatic rings. The smallest absolute Gasteiger partial charge is 0.230 e. The molecular formula is C18H23N3O2S. The van der Waals surface area contributed by atoms with Gasteiger partial charge in [-0.2, -0.15) is 0 Å². The lowest BCUT2D eigenvalue weighted by Gasteiger charge is -2.20. The van der Waals surface area contributed by atoms with Crippen molar-refractivity contribution in [3.05, 3.63) is 40.4 Å². The maximum atomic E-state index is 12.2. The highest BCUT2D eigenvalue weighted by Crippen LogP contribution is 2.32. The number of amides is 1. The Morgan fingerprint density at radius 2 is 2.25 bits per heavy atom. The fourth-order valence-electron chi connectivity index (χ4n) is 3.12. The summed E-state index contributed by atoms with van der Waals surface area (Å²) in [6, 6.07) is 6.06. The van der Waals surface area contributed by atoms with E-state index in [1.165, 1.54) is 16.9 Å². The molecule has 0 aliphatic carbocycles. The molecule has 0 saturated carbocycles. The van der Waals surface area contributed by atoms with E-state index >= 15 is 0 Å². The lowest BCUT2D eigenvalue weighted by Crippen LogP contribution is -2.24. The van der Waals surface area contributed by atoms with Crippen molar-refractivity contribution in [3.8, 4) is 0 Å². The van der Waals surface area contributed by atoms with Gasteiger partial charge in [-0.25, -0.2) is 4.98 Å². The Hall–Kier alpha value is -1.76. The highest BCUT2D eigenvalue weighted by molar-refractivity contribution is 7.14. The summed E-state index contributed by atoms with van der Waals surface area (Å²) in [4.78, 5) is 20.8. The summed E-state index contributed by atoms with van der Waals surface area (Å²) in [6.45, 7) is 7.92. The summed E-state index contributed by atoms with van der Waals surface area (Å²) in [7, 11) is 0. The van der Waals surface area contributed by atoms with E-state index in [0.717, 1.165) is 29.9 Å². The number of β-amino-alcohol motifs (C(OH)–C–C–N with tert-alkyl or cyclic N) is 1.